The predicted octanol–water partition coefficient (Wildman–Crippen LogP) is 6.25. The lowest BCUT2D eigenvalue weighted by Crippen LogP contribution is -2.34. The van der Waals surface area contributed by atoms with Crippen LogP contribution in [0.2, 0.25) is 0 Å². The SMILES string of the molecule is CC(C)N(/C(O)=C/[P+](c1ccccc1)(c1ccccc1)c1ccccc1)c1ccccc1. The van der Waals surface area contributed by atoms with Crippen LogP contribution in [-0.4, -0.2) is 11.1 Å². The Balaban J connectivity index is 2.01. The highest BCUT2D eigenvalue weighted by Crippen LogP contribution is 2.57. The van der Waals surface area contributed by atoms with E-state index in [4.69, 9.17) is 0 Å². The molecular weight excluding hydrogens is 409 g/mol. The molecule has 0 bridgehead atoms. The largest absolute Gasteiger partial charge is 0.492 e. The molecule has 0 atom stereocenters. The van der Waals surface area contributed by atoms with Gasteiger partial charge in [-0.1, -0.05) is 72.8 Å². The van der Waals surface area contributed by atoms with E-state index in [1.165, 1.54) is 15.9 Å². The summed E-state index contributed by atoms with van der Waals surface area (Å²) < 4.78 is 0. The van der Waals surface area contributed by atoms with Crippen LogP contribution in [0.5, 0.6) is 0 Å². The number of rotatable bonds is 7. The van der Waals surface area contributed by atoms with E-state index in [2.05, 4.69) is 92.5 Å². The average Bonchev–Trinajstić information content (AvgIpc) is 2.85. The summed E-state index contributed by atoms with van der Waals surface area (Å²) in [6.07, 6.45) is 0. The first kappa shape index (κ1) is 21.9. The van der Waals surface area contributed by atoms with E-state index in [9.17, 15) is 5.11 Å². The molecule has 0 aliphatic heterocycles. The second kappa shape index (κ2) is 9.85. The minimum Gasteiger partial charge on any atom is -0.492 e. The van der Waals surface area contributed by atoms with Crippen LogP contribution in [0.1, 0.15) is 13.8 Å². The Morgan fingerprint density at radius 2 is 0.969 bits per heavy atom. The summed E-state index contributed by atoms with van der Waals surface area (Å²) in [5.74, 6) is 2.39. The fourth-order valence-electron chi connectivity index (χ4n) is 4.18. The Hall–Kier alpha value is -3.35. The number of benzene rings is 4. The van der Waals surface area contributed by atoms with Crippen molar-refractivity contribution in [1.82, 2.24) is 0 Å². The molecule has 160 valence electrons. The summed E-state index contributed by atoms with van der Waals surface area (Å²) in [5, 5.41) is 15.3. The molecule has 0 unspecified atom stereocenters. The molecule has 2 nitrogen and oxygen atoms in total. The average molecular weight is 439 g/mol. The van der Waals surface area contributed by atoms with Crippen molar-refractivity contribution < 1.29 is 5.11 Å². The summed E-state index contributed by atoms with van der Waals surface area (Å²) in [6.45, 7) is 4.20. The third-order valence-corrected chi connectivity index (χ3v) is 9.55. The van der Waals surface area contributed by atoms with Crippen LogP contribution < -0.4 is 20.8 Å². The van der Waals surface area contributed by atoms with Gasteiger partial charge in [-0.15, -0.1) is 0 Å². The van der Waals surface area contributed by atoms with Gasteiger partial charge in [0, 0.05) is 11.7 Å². The smallest absolute Gasteiger partial charge is 0.229 e. The summed E-state index contributed by atoms with van der Waals surface area (Å²) in [7, 11) is -2.28. The van der Waals surface area contributed by atoms with Gasteiger partial charge in [-0.2, -0.15) is 0 Å². The van der Waals surface area contributed by atoms with E-state index in [1.54, 1.807) is 0 Å². The zero-order valence-corrected chi connectivity index (χ0v) is 19.4. The van der Waals surface area contributed by atoms with Crippen LogP contribution in [0.25, 0.3) is 0 Å². The Morgan fingerprint density at radius 1 is 0.625 bits per heavy atom. The zero-order valence-electron chi connectivity index (χ0n) is 18.5. The maximum Gasteiger partial charge on any atom is 0.229 e. The highest BCUT2D eigenvalue weighted by Gasteiger charge is 2.45. The van der Waals surface area contributed by atoms with Crippen LogP contribution in [0.4, 0.5) is 5.69 Å². The summed E-state index contributed by atoms with van der Waals surface area (Å²) >= 11 is 0. The van der Waals surface area contributed by atoms with Crippen LogP contribution in [0.15, 0.2) is 133 Å². The third kappa shape index (κ3) is 4.33. The van der Waals surface area contributed by atoms with E-state index < -0.39 is 7.26 Å². The van der Waals surface area contributed by atoms with E-state index >= 15 is 0 Å². The van der Waals surface area contributed by atoms with Gasteiger partial charge in [0.15, 0.2) is 0 Å². The first-order valence-electron chi connectivity index (χ1n) is 10.9. The van der Waals surface area contributed by atoms with Gasteiger partial charge in [0.25, 0.3) is 0 Å². The molecule has 0 aliphatic rings. The second-order valence-corrected chi connectivity index (χ2v) is 11.3. The molecule has 4 rings (SSSR count). The molecule has 4 aromatic carbocycles. The lowest BCUT2D eigenvalue weighted by Gasteiger charge is -2.30. The van der Waals surface area contributed by atoms with Crippen molar-refractivity contribution in [3.05, 3.63) is 133 Å². The Labute approximate surface area is 191 Å². The first-order valence-corrected chi connectivity index (χ1v) is 12.8. The topological polar surface area (TPSA) is 23.5 Å². The van der Waals surface area contributed by atoms with Gasteiger partial charge in [0.05, 0.1) is 0 Å². The predicted molar refractivity (Wildman–Crippen MR) is 140 cm³/mol. The van der Waals surface area contributed by atoms with Crippen LogP contribution >= 0.6 is 7.26 Å². The quantitative estimate of drug-likeness (QED) is 0.272. The standard InChI is InChI=1S/C29H28NOP/c1-24(2)30(25-15-7-3-8-16-25)29(31)23-32(26-17-9-4-10-18-26,27-19-11-5-12-20-27)28-21-13-6-14-22-28/h3-24H,1-2H3/p+1/b29-23-. The molecule has 0 heterocycles. The van der Waals surface area contributed by atoms with Crippen LogP contribution in [0, 0.1) is 0 Å². The van der Waals surface area contributed by atoms with E-state index in [1.807, 2.05) is 53.4 Å². The van der Waals surface area contributed by atoms with Crippen molar-refractivity contribution in [3.63, 3.8) is 0 Å². The van der Waals surface area contributed by atoms with Gasteiger partial charge in [-0.25, -0.2) is 0 Å². The first-order chi connectivity index (χ1) is 15.6. The number of aliphatic hydroxyl groups excluding tert-OH is 1. The van der Waals surface area contributed by atoms with Gasteiger partial charge in [-0.3, -0.25) is 0 Å². The Morgan fingerprint density at radius 3 is 1.31 bits per heavy atom. The van der Waals surface area contributed by atoms with Crippen LogP contribution in [0.3, 0.4) is 0 Å². The minimum absolute atomic E-state index is 0.0953. The summed E-state index contributed by atoms with van der Waals surface area (Å²) in [5.41, 5.74) is 0.975. The Bertz CT molecular complexity index is 1050. The lowest BCUT2D eigenvalue weighted by molar-refractivity contribution is 0.381. The fourth-order valence-corrected chi connectivity index (χ4v) is 7.92. The fraction of sp³-hybridized carbons (Fsp3) is 0.103. The molecule has 0 aliphatic carbocycles. The van der Waals surface area contributed by atoms with E-state index in [0.717, 1.165) is 5.69 Å². The van der Waals surface area contributed by atoms with Crippen molar-refractivity contribution in [2.75, 3.05) is 4.90 Å². The molecular formula is C29H29NOP+. The van der Waals surface area contributed by atoms with Crippen molar-refractivity contribution in [3.8, 4) is 0 Å². The molecule has 32 heavy (non-hydrogen) atoms. The number of nitrogens with zero attached hydrogens (tertiary/aromatic N) is 1. The zero-order chi connectivity index (χ0) is 22.4. The monoisotopic (exact) mass is 438 g/mol. The van der Waals surface area contributed by atoms with Crippen molar-refractivity contribution in [2.24, 2.45) is 0 Å². The second-order valence-electron chi connectivity index (χ2n) is 8.02. The molecule has 0 spiro atoms. The van der Waals surface area contributed by atoms with Crippen LogP contribution in [-0.2, 0) is 0 Å². The molecule has 3 heteroatoms. The number of para-hydroxylation sites is 1. The lowest BCUT2D eigenvalue weighted by atomic mass is 10.2. The maximum absolute atomic E-state index is 11.7. The number of anilines is 1. The molecule has 0 fully saturated rings. The van der Waals surface area contributed by atoms with Crippen molar-refractivity contribution >= 4 is 28.9 Å². The van der Waals surface area contributed by atoms with Gasteiger partial charge in [-0.05, 0) is 62.4 Å². The highest BCUT2D eigenvalue weighted by atomic mass is 31.2. The maximum atomic E-state index is 11.7. The minimum atomic E-state index is -2.28. The van der Waals surface area contributed by atoms with Crippen molar-refractivity contribution in [2.45, 2.75) is 19.9 Å². The van der Waals surface area contributed by atoms with Gasteiger partial charge in [0.1, 0.15) is 29.0 Å². The molecule has 0 saturated heterocycles. The molecule has 0 aromatic heterocycles. The van der Waals surface area contributed by atoms with Gasteiger partial charge in [0.2, 0.25) is 5.88 Å². The highest BCUT2D eigenvalue weighted by molar-refractivity contribution is 7.98. The molecule has 0 radical (unpaired) electrons. The summed E-state index contributed by atoms with van der Waals surface area (Å²) in [6, 6.07) is 41.9. The van der Waals surface area contributed by atoms with Gasteiger partial charge < -0.3 is 10.0 Å². The molecule has 4 aromatic rings. The van der Waals surface area contributed by atoms with Crippen molar-refractivity contribution in [1.29, 1.82) is 0 Å². The van der Waals surface area contributed by atoms with Gasteiger partial charge >= 0.3 is 0 Å². The molecule has 0 amide bonds. The van der Waals surface area contributed by atoms with E-state index in [0.29, 0.717) is 0 Å². The number of hydrogen-bond acceptors (Lipinski definition) is 2. The Kier molecular flexibility index (Phi) is 6.73. The number of hydrogen-bond donors (Lipinski definition) is 1. The number of aliphatic hydroxyl groups is 1. The normalized spacial score (nSPS) is 12.0. The summed E-state index contributed by atoms with van der Waals surface area (Å²) in [4.78, 5) is 2.00. The molecule has 1 N–H and O–H groups in total. The van der Waals surface area contributed by atoms with E-state index in [-0.39, 0.29) is 11.9 Å². The third-order valence-electron chi connectivity index (χ3n) is 5.60. The molecule has 0 saturated carbocycles.